The molecular weight excluding hydrogens is 218 g/mol. The van der Waals surface area contributed by atoms with Crippen molar-refractivity contribution in [1.29, 1.82) is 0 Å². The molecule has 1 aliphatic rings. The number of rotatable bonds is 1. The summed E-state index contributed by atoms with van der Waals surface area (Å²) in [5, 5.41) is 0. The van der Waals surface area contributed by atoms with E-state index in [1.807, 2.05) is 0 Å². The zero-order valence-electron chi connectivity index (χ0n) is 10.2. The fraction of sp³-hybridized carbons (Fsp3) is 0.667. The number of fused-ring (bicyclic) bond motifs is 1. The van der Waals surface area contributed by atoms with Crippen LogP contribution in [0.25, 0.3) is 0 Å². The van der Waals surface area contributed by atoms with Gasteiger partial charge in [-0.2, -0.15) is 0 Å². The quantitative estimate of drug-likeness (QED) is 0.761. The van der Waals surface area contributed by atoms with Gasteiger partial charge in [-0.05, 0) is 19.3 Å². The minimum atomic E-state index is 0.0507. The van der Waals surface area contributed by atoms with Crippen LogP contribution in [0.2, 0.25) is 0 Å². The molecule has 3 nitrogen and oxygen atoms in total. The Morgan fingerprint density at radius 3 is 2.62 bits per heavy atom. The molecule has 0 aliphatic carbocycles. The molecule has 2 rings (SSSR count). The van der Waals surface area contributed by atoms with Crippen molar-refractivity contribution in [3.63, 3.8) is 0 Å². The Labute approximate surface area is 102 Å². The van der Waals surface area contributed by atoms with Crippen molar-refractivity contribution in [2.45, 2.75) is 52.0 Å². The van der Waals surface area contributed by atoms with Crippen LogP contribution in [0.5, 0.6) is 0 Å². The first-order valence-corrected chi connectivity index (χ1v) is 6.22. The summed E-state index contributed by atoms with van der Waals surface area (Å²) in [7, 11) is 0. The average Bonchev–Trinajstić information content (AvgIpc) is 2.56. The zero-order chi connectivity index (χ0) is 11.9. The standard InChI is InChI=1S/C12H19N3S/c1-12(2,3)11-14-9(10(13)16)8-6-4-5-7-15(8)11/h4-7H2,1-3H3,(H2,13,16). The van der Waals surface area contributed by atoms with Crippen molar-refractivity contribution in [3.8, 4) is 0 Å². The number of nitrogens with two attached hydrogens (primary N) is 1. The molecule has 0 amide bonds. The van der Waals surface area contributed by atoms with Crippen molar-refractivity contribution in [2.75, 3.05) is 0 Å². The van der Waals surface area contributed by atoms with Gasteiger partial charge >= 0.3 is 0 Å². The second-order valence-corrected chi connectivity index (χ2v) is 5.89. The van der Waals surface area contributed by atoms with Gasteiger partial charge in [0.15, 0.2) is 0 Å². The van der Waals surface area contributed by atoms with E-state index in [2.05, 4.69) is 30.3 Å². The second kappa shape index (κ2) is 3.84. The summed E-state index contributed by atoms with van der Waals surface area (Å²) < 4.78 is 2.32. The molecular formula is C12H19N3S. The molecule has 0 fully saturated rings. The van der Waals surface area contributed by atoms with Crippen molar-refractivity contribution in [3.05, 3.63) is 17.2 Å². The number of thiocarbonyl (C=S) groups is 1. The Bertz CT molecular complexity index is 426. The summed E-state index contributed by atoms with van der Waals surface area (Å²) in [6.07, 6.45) is 3.49. The number of nitrogens with zero attached hydrogens (tertiary/aromatic N) is 2. The highest BCUT2D eigenvalue weighted by Crippen LogP contribution is 2.28. The predicted molar refractivity (Wildman–Crippen MR) is 69.8 cm³/mol. The van der Waals surface area contributed by atoms with E-state index in [0.29, 0.717) is 4.99 Å². The highest BCUT2D eigenvalue weighted by molar-refractivity contribution is 7.80. The fourth-order valence-electron chi connectivity index (χ4n) is 2.31. The van der Waals surface area contributed by atoms with Crippen LogP contribution in [0.3, 0.4) is 0 Å². The summed E-state index contributed by atoms with van der Waals surface area (Å²) in [4.78, 5) is 5.09. The van der Waals surface area contributed by atoms with Gasteiger partial charge in [0.25, 0.3) is 0 Å². The van der Waals surface area contributed by atoms with E-state index in [1.54, 1.807) is 0 Å². The zero-order valence-corrected chi connectivity index (χ0v) is 11.0. The lowest BCUT2D eigenvalue weighted by atomic mass is 9.95. The largest absolute Gasteiger partial charge is 0.388 e. The second-order valence-electron chi connectivity index (χ2n) is 5.45. The molecule has 0 spiro atoms. The molecule has 1 aliphatic heterocycles. The number of hydrogen-bond acceptors (Lipinski definition) is 2. The molecule has 1 aromatic rings. The van der Waals surface area contributed by atoms with Crippen molar-refractivity contribution >= 4 is 17.2 Å². The Hall–Kier alpha value is -0.900. The van der Waals surface area contributed by atoms with Gasteiger partial charge in [0.2, 0.25) is 0 Å². The molecule has 0 radical (unpaired) electrons. The Kier molecular flexibility index (Phi) is 2.78. The fourth-order valence-corrected chi connectivity index (χ4v) is 2.48. The van der Waals surface area contributed by atoms with Gasteiger partial charge in [-0.25, -0.2) is 4.98 Å². The Morgan fingerprint density at radius 2 is 2.06 bits per heavy atom. The predicted octanol–water partition coefficient (Wildman–Crippen LogP) is 2.15. The van der Waals surface area contributed by atoms with Crippen LogP contribution in [0.15, 0.2) is 0 Å². The Morgan fingerprint density at radius 1 is 1.38 bits per heavy atom. The van der Waals surface area contributed by atoms with Gasteiger partial charge in [0, 0.05) is 17.7 Å². The van der Waals surface area contributed by atoms with Gasteiger partial charge in [-0.3, -0.25) is 0 Å². The highest BCUT2D eigenvalue weighted by atomic mass is 32.1. The van der Waals surface area contributed by atoms with E-state index in [0.717, 1.165) is 24.5 Å². The van der Waals surface area contributed by atoms with Gasteiger partial charge in [0.05, 0.1) is 0 Å². The summed E-state index contributed by atoms with van der Waals surface area (Å²) >= 11 is 5.09. The van der Waals surface area contributed by atoms with E-state index in [-0.39, 0.29) is 5.41 Å². The minimum Gasteiger partial charge on any atom is -0.388 e. The molecule has 4 heteroatoms. The number of imidazole rings is 1. The molecule has 1 aromatic heterocycles. The molecule has 2 heterocycles. The number of aromatic nitrogens is 2. The molecule has 0 atom stereocenters. The first-order valence-electron chi connectivity index (χ1n) is 5.81. The van der Waals surface area contributed by atoms with E-state index in [9.17, 15) is 0 Å². The maximum atomic E-state index is 5.75. The highest BCUT2D eigenvalue weighted by Gasteiger charge is 2.27. The van der Waals surface area contributed by atoms with Crippen LogP contribution in [-0.4, -0.2) is 14.5 Å². The van der Waals surface area contributed by atoms with E-state index in [1.165, 1.54) is 18.5 Å². The van der Waals surface area contributed by atoms with Gasteiger partial charge in [0.1, 0.15) is 16.5 Å². The van der Waals surface area contributed by atoms with Crippen LogP contribution in [0, 0.1) is 0 Å². The third-order valence-corrected chi connectivity index (χ3v) is 3.22. The first kappa shape index (κ1) is 11.6. The van der Waals surface area contributed by atoms with Crippen molar-refractivity contribution < 1.29 is 0 Å². The molecule has 0 saturated carbocycles. The lowest BCUT2D eigenvalue weighted by Gasteiger charge is -2.23. The molecule has 2 N–H and O–H groups in total. The molecule has 0 aromatic carbocycles. The van der Waals surface area contributed by atoms with Gasteiger partial charge < -0.3 is 10.3 Å². The lowest BCUT2D eigenvalue weighted by molar-refractivity contribution is 0.453. The molecule has 88 valence electrons. The van der Waals surface area contributed by atoms with Gasteiger partial charge in [-0.15, -0.1) is 0 Å². The smallest absolute Gasteiger partial charge is 0.124 e. The van der Waals surface area contributed by atoms with Crippen LogP contribution >= 0.6 is 12.2 Å². The van der Waals surface area contributed by atoms with Crippen molar-refractivity contribution in [1.82, 2.24) is 9.55 Å². The number of hydrogen-bond donors (Lipinski definition) is 1. The first-order chi connectivity index (χ1) is 7.41. The third kappa shape index (κ3) is 1.86. The maximum Gasteiger partial charge on any atom is 0.124 e. The van der Waals surface area contributed by atoms with E-state index < -0.39 is 0 Å². The molecule has 0 saturated heterocycles. The van der Waals surface area contributed by atoms with Gasteiger partial charge in [-0.1, -0.05) is 33.0 Å². The Balaban J connectivity index is 2.59. The van der Waals surface area contributed by atoms with Crippen molar-refractivity contribution in [2.24, 2.45) is 5.73 Å². The molecule has 16 heavy (non-hydrogen) atoms. The van der Waals surface area contributed by atoms with Crippen LogP contribution in [0.1, 0.15) is 50.8 Å². The van der Waals surface area contributed by atoms with Crippen LogP contribution < -0.4 is 5.73 Å². The van der Waals surface area contributed by atoms with E-state index in [4.69, 9.17) is 18.0 Å². The van der Waals surface area contributed by atoms with E-state index >= 15 is 0 Å². The summed E-state index contributed by atoms with van der Waals surface area (Å²) in [5.74, 6) is 1.12. The SMILES string of the molecule is CC(C)(C)c1nc(C(N)=S)c2n1CCCC2. The van der Waals surface area contributed by atoms with Crippen LogP contribution in [-0.2, 0) is 18.4 Å². The van der Waals surface area contributed by atoms with Crippen LogP contribution in [0.4, 0.5) is 0 Å². The molecule has 0 unspecified atom stereocenters. The normalized spacial score (nSPS) is 15.9. The average molecular weight is 237 g/mol. The lowest BCUT2D eigenvalue weighted by Crippen LogP contribution is -2.22. The summed E-state index contributed by atoms with van der Waals surface area (Å²) in [5.41, 5.74) is 7.89. The monoisotopic (exact) mass is 237 g/mol. The topological polar surface area (TPSA) is 43.8 Å². The summed E-state index contributed by atoms with van der Waals surface area (Å²) in [6, 6.07) is 0. The molecule has 0 bridgehead atoms. The minimum absolute atomic E-state index is 0.0507. The third-order valence-electron chi connectivity index (χ3n) is 3.02. The maximum absolute atomic E-state index is 5.75. The summed E-state index contributed by atoms with van der Waals surface area (Å²) in [6.45, 7) is 7.60.